The summed E-state index contributed by atoms with van der Waals surface area (Å²) in [6.07, 6.45) is 8.30. The number of carbonyl (C=O) groups is 1. The van der Waals surface area contributed by atoms with Crippen molar-refractivity contribution in [3.8, 4) is 17.0 Å². The maximum Gasteiger partial charge on any atom is 0.248 e. The number of rotatable bonds is 6. The van der Waals surface area contributed by atoms with E-state index in [9.17, 15) is 4.79 Å². The Labute approximate surface area is 188 Å². The normalized spacial score (nSPS) is 14.2. The molecular weight excluding hydrogens is 400 g/mol. The van der Waals surface area contributed by atoms with Gasteiger partial charge in [0.2, 0.25) is 5.91 Å². The Morgan fingerprint density at radius 3 is 2.25 bits per heavy atom. The van der Waals surface area contributed by atoms with Crippen LogP contribution in [-0.4, -0.2) is 36.3 Å². The molecule has 0 atom stereocenters. The van der Waals surface area contributed by atoms with Gasteiger partial charge in [0, 0.05) is 30.4 Å². The first-order valence-corrected chi connectivity index (χ1v) is 11.0. The summed E-state index contributed by atoms with van der Waals surface area (Å²) in [5.74, 6) is 1.55. The van der Waals surface area contributed by atoms with Gasteiger partial charge in [-0.05, 0) is 60.9 Å². The minimum atomic E-state index is -0.185. The highest BCUT2D eigenvalue weighted by molar-refractivity contribution is 6.02. The summed E-state index contributed by atoms with van der Waals surface area (Å²) in [5.41, 5.74) is 3.44. The Hall–Kier alpha value is -3.67. The van der Waals surface area contributed by atoms with E-state index in [1.807, 2.05) is 60.7 Å². The van der Waals surface area contributed by atoms with Crippen LogP contribution >= 0.6 is 0 Å². The number of benzene rings is 2. The van der Waals surface area contributed by atoms with Crippen LogP contribution in [0.1, 0.15) is 31.2 Å². The van der Waals surface area contributed by atoms with Gasteiger partial charge in [-0.15, -0.1) is 10.2 Å². The maximum absolute atomic E-state index is 12.2. The van der Waals surface area contributed by atoms with Crippen molar-refractivity contribution >= 4 is 23.5 Å². The molecule has 164 valence electrons. The highest BCUT2D eigenvalue weighted by Crippen LogP contribution is 2.22. The highest BCUT2D eigenvalue weighted by atomic mass is 16.5. The Balaban J connectivity index is 1.35. The average Bonchev–Trinajstić information content (AvgIpc) is 3.13. The molecule has 32 heavy (non-hydrogen) atoms. The zero-order chi connectivity index (χ0) is 22.2. The van der Waals surface area contributed by atoms with Crippen molar-refractivity contribution in [3.05, 3.63) is 72.3 Å². The fourth-order valence-corrected chi connectivity index (χ4v) is 3.74. The van der Waals surface area contributed by atoms with Crippen LogP contribution in [0.5, 0.6) is 5.75 Å². The second-order valence-electron chi connectivity index (χ2n) is 7.85. The smallest absolute Gasteiger partial charge is 0.248 e. The van der Waals surface area contributed by atoms with Gasteiger partial charge in [-0.3, -0.25) is 4.79 Å². The number of nitrogens with one attached hydrogen (secondary N) is 1. The van der Waals surface area contributed by atoms with Crippen molar-refractivity contribution in [2.75, 3.05) is 30.4 Å². The molecule has 3 aromatic rings. The van der Waals surface area contributed by atoms with E-state index in [2.05, 4.69) is 20.4 Å². The minimum Gasteiger partial charge on any atom is -0.497 e. The summed E-state index contributed by atoms with van der Waals surface area (Å²) < 4.78 is 5.14. The second-order valence-corrected chi connectivity index (χ2v) is 7.85. The van der Waals surface area contributed by atoms with Crippen molar-refractivity contribution in [2.45, 2.75) is 25.7 Å². The Bertz CT molecular complexity index is 1040. The van der Waals surface area contributed by atoms with E-state index in [0.717, 1.165) is 47.2 Å². The lowest BCUT2D eigenvalue weighted by Gasteiger charge is -2.20. The van der Waals surface area contributed by atoms with Crippen LogP contribution in [0.25, 0.3) is 17.3 Å². The van der Waals surface area contributed by atoms with Gasteiger partial charge in [0.15, 0.2) is 5.82 Å². The molecule has 1 saturated heterocycles. The minimum absolute atomic E-state index is 0.185. The van der Waals surface area contributed by atoms with Crippen LogP contribution < -0.4 is 15.0 Å². The summed E-state index contributed by atoms with van der Waals surface area (Å²) in [6.45, 7) is 2.10. The molecule has 0 aliphatic carbocycles. The van der Waals surface area contributed by atoms with Gasteiger partial charge in [0.25, 0.3) is 0 Å². The Morgan fingerprint density at radius 1 is 0.906 bits per heavy atom. The van der Waals surface area contributed by atoms with E-state index in [0.29, 0.717) is 0 Å². The Morgan fingerprint density at radius 2 is 1.62 bits per heavy atom. The zero-order valence-corrected chi connectivity index (χ0v) is 18.3. The first kappa shape index (κ1) is 21.6. The molecule has 0 radical (unpaired) electrons. The number of carbonyl (C=O) groups excluding carboxylic acids is 1. The molecule has 0 saturated carbocycles. The van der Waals surface area contributed by atoms with E-state index in [1.165, 1.54) is 31.8 Å². The Kier molecular flexibility index (Phi) is 7.12. The molecule has 1 N–H and O–H groups in total. The number of amides is 1. The number of nitrogens with zero attached hydrogens (tertiary/aromatic N) is 3. The highest BCUT2D eigenvalue weighted by Gasteiger charge is 2.12. The summed E-state index contributed by atoms with van der Waals surface area (Å²) in [7, 11) is 1.63. The number of ether oxygens (including phenoxy) is 1. The van der Waals surface area contributed by atoms with Crippen LogP contribution in [0.4, 0.5) is 11.5 Å². The van der Waals surface area contributed by atoms with E-state index >= 15 is 0 Å². The van der Waals surface area contributed by atoms with Crippen molar-refractivity contribution in [3.63, 3.8) is 0 Å². The van der Waals surface area contributed by atoms with Gasteiger partial charge in [-0.2, -0.15) is 0 Å². The van der Waals surface area contributed by atoms with Gasteiger partial charge < -0.3 is 15.0 Å². The predicted octanol–water partition coefficient (Wildman–Crippen LogP) is 5.18. The molecule has 6 heteroatoms. The molecule has 0 spiro atoms. The predicted molar refractivity (Wildman–Crippen MR) is 129 cm³/mol. The third-order valence-corrected chi connectivity index (χ3v) is 5.57. The van der Waals surface area contributed by atoms with E-state index in [1.54, 1.807) is 13.2 Å². The SMILES string of the molecule is COc1ccc(/C=C/C(=O)Nc2ccc(-c3ccc(N4CCCCCC4)nn3)cc2)cc1. The van der Waals surface area contributed by atoms with Gasteiger partial charge >= 0.3 is 0 Å². The molecule has 1 aromatic heterocycles. The third kappa shape index (κ3) is 5.72. The van der Waals surface area contributed by atoms with Crippen molar-refractivity contribution in [1.29, 1.82) is 0 Å². The average molecular weight is 429 g/mol. The topological polar surface area (TPSA) is 67.3 Å². The molecule has 0 unspecified atom stereocenters. The van der Waals surface area contributed by atoms with Crippen LogP contribution in [-0.2, 0) is 4.79 Å². The first-order valence-electron chi connectivity index (χ1n) is 11.0. The number of aromatic nitrogens is 2. The quantitative estimate of drug-likeness (QED) is 0.548. The van der Waals surface area contributed by atoms with Crippen LogP contribution in [0.2, 0.25) is 0 Å². The lowest BCUT2D eigenvalue weighted by molar-refractivity contribution is -0.111. The molecule has 4 rings (SSSR count). The van der Waals surface area contributed by atoms with Gasteiger partial charge in [-0.25, -0.2) is 0 Å². The van der Waals surface area contributed by atoms with Crippen LogP contribution in [0, 0.1) is 0 Å². The molecule has 0 bridgehead atoms. The molecule has 1 amide bonds. The molecule has 6 nitrogen and oxygen atoms in total. The monoisotopic (exact) mass is 428 g/mol. The largest absolute Gasteiger partial charge is 0.497 e. The molecule has 1 fully saturated rings. The lowest BCUT2D eigenvalue weighted by atomic mass is 10.1. The zero-order valence-electron chi connectivity index (χ0n) is 18.3. The summed E-state index contributed by atoms with van der Waals surface area (Å²) in [5, 5.41) is 11.7. The lowest BCUT2D eigenvalue weighted by Crippen LogP contribution is -2.25. The molecule has 1 aliphatic rings. The van der Waals surface area contributed by atoms with E-state index in [4.69, 9.17) is 4.74 Å². The molecular formula is C26H28N4O2. The third-order valence-electron chi connectivity index (χ3n) is 5.57. The van der Waals surface area contributed by atoms with Crippen LogP contribution in [0.15, 0.2) is 66.7 Å². The van der Waals surface area contributed by atoms with E-state index in [-0.39, 0.29) is 5.91 Å². The number of methoxy groups -OCH3 is 1. The van der Waals surface area contributed by atoms with Crippen LogP contribution in [0.3, 0.4) is 0 Å². The summed E-state index contributed by atoms with van der Waals surface area (Å²) in [6, 6.07) is 19.2. The number of anilines is 2. The second kappa shape index (κ2) is 10.6. The van der Waals surface area contributed by atoms with Gasteiger partial charge in [0.1, 0.15) is 5.75 Å². The van der Waals surface area contributed by atoms with Crippen molar-refractivity contribution < 1.29 is 9.53 Å². The van der Waals surface area contributed by atoms with Gasteiger partial charge in [-0.1, -0.05) is 37.1 Å². The summed E-state index contributed by atoms with van der Waals surface area (Å²) >= 11 is 0. The summed E-state index contributed by atoms with van der Waals surface area (Å²) in [4.78, 5) is 14.5. The standard InChI is InChI=1S/C26H28N4O2/c1-32-23-13-6-20(7-14-23)8-17-26(31)27-22-11-9-21(10-12-22)24-15-16-25(29-28-24)30-18-4-2-3-5-19-30/h6-17H,2-5,18-19H2,1H3,(H,27,31)/b17-8+. The number of hydrogen-bond donors (Lipinski definition) is 1. The fourth-order valence-electron chi connectivity index (χ4n) is 3.74. The fraction of sp³-hybridized carbons (Fsp3) is 0.269. The molecule has 2 aromatic carbocycles. The number of hydrogen-bond acceptors (Lipinski definition) is 5. The van der Waals surface area contributed by atoms with E-state index < -0.39 is 0 Å². The van der Waals surface area contributed by atoms with Crippen molar-refractivity contribution in [2.24, 2.45) is 0 Å². The van der Waals surface area contributed by atoms with Crippen molar-refractivity contribution in [1.82, 2.24) is 10.2 Å². The maximum atomic E-state index is 12.2. The molecule has 1 aliphatic heterocycles. The molecule has 2 heterocycles. The van der Waals surface area contributed by atoms with Gasteiger partial charge in [0.05, 0.1) is 12.8 Å². The first-order chi connectivity index (χ1) is 15.7.